The molecule has 180 valence electrons. The second kappa shape index (κ2) is 23.0. The minimum Gasteiger partial charge on any atom is -0.466 e. The monoisotopic (exact) mass is 438 g/mol. The fourth-order valence-electron chi connectivity index (χ4n) is 3.55. The maximum absolute atomic E-state index is 11.2. The van der Waals surface area contributed by atoms with Crippen LogP contribution in [0.25, 0.3) is 0 Å². The molecule has 0 radical (unpaired) electrons. The number of carbonyl (C=O) groups excluding carboxylic acids is 3. The van der Waals surface area contributed by atoms with Gasteiger partial charge in [0.25, 0.3) is 0 Å². The van der Waals surface area contributed by atoms with E-state index < -0.39 is 0 Å². The van der Waals surface area contributed by atoms with Gasteiger partial charge < -0.3 is 9.47 Å². The Hall–Kier alpha value is -1.65. The van der Waals surface area contributed by atoms with Crippen LogP contribution in [0.2, 0.25) is 0 Å². The molecular formula is C26H46O5. The first kappa shape index (κ1) is 29.4. The lowest BCUT2D eigenvalue weighted by atomic mass is 10.0. The van der Waals surface area contributed by atoms with Crippen molar-refractivity contribution in [3.05, 3.63) is 11.6 Å². The highest BCUT2D eigenvalue weighted by atomic mass is 16.5. The van der Waals surface area contributed by atoms with Gasteiger partial charge in [-0.1, -0.05) is 76.7 Å². The van der Waals surface area contributed by atoms with E-state index >= 15 is 0 Å². The number of hydrogen-bond acceptors (Lipinski definition) is 5. The molecule has 5 nitrogen and oxygen atoms in total. The number of unbranched alkanes of at least 4 members (excludes halogenated alkanes) is 14. The van der Waals surface area contributed by atoms with Crippen LogP contribution in [0.4, 0.5) is 0 Å². The number of carbonyl (C=O) groups is 3. The fourth-order valence-corrected chi connectivity index (χ4v) is 3.55. The highest BCUT2D eigenvalue weighted by Gasteiger charge is 1.99. The number of esters is 2. The Kier molecular flexibility index (Phi) is 21.8. The van der Waals surface area contributed by atoms with Crippen molar-refractivity contribution in [3.8, 4) is 0 Å². The molecule has 5 heteroatoms. The van der Waals surface area contributed by atoms with Gasteiger partial charge in [-0.3, -0.25) is 14.4 Å². The minimum atomic E-state index is -0.194. The van der Waals surface area contributed by atoms with E-state index in [0.717, 1.165) is 63.2 Å². The molecule has 0 bridgehead atoms. The summed E-state index contributed by atoms with van der Waals surface area (Å²) in [4.78, 5) is 32.5. The first-order valence-corrected chi connectivity index (χ1v) is 12.5. The fraction of sp³-hybridized carbons (Fsp3) is 0.808. The van der Waals surface area contributed by atoms with Gasteiger partial charge in [0.05, 0.1) is 13.2 Å². The van der Waals surface area contributed by atoms with Crippen molar-refractivity contribution < 1.29 is 23.9 Å². The molecule has 0 aromatic rings. The smallest absolute Gasteiger partial charge is 0.302 e. The molecule has 0 aliphatic rings. The van der Waals surface area contributed by atoms with Crippen molar-refractivity contribution in [1.29, 1.82) is 0 Å². The zero-order valence-corrected chi connectivity index (χ0v) is 20.1. The van der Waals surface area contributed by atoms with Gasteiger partial charge in [-0.2, -0.15) is 0 Å². The molecule has 0 saturated carbocycles. The third-order valence-corrected chi connectivity index (χ3v) is 5.38. The first-order valence-electron chi connectivity index (χ1n) is 12.5. The number of rotatable bonds is 22. The lowest BCUT2D eigenvalue weighted by Crippen LogP contribution is -2.00. The van der Waals surface area contributed by atoms with Gasteiger partial charge in [0, 0.05) is 13.8 Å². The van der Waals surface area contributed by atoms with Crippen LogP contribution in [-0.2, 0) is 23.9 Å². The van der Waals surface area contributed by atoms with Crippen molar-refractivity contribution in [2.45, 2.75) is 123 Å². The molecule has 0 unspecified atom stereocenters. The molecule has 0 fully saturated rings. The molecule has 0 rings (SSSR count). The lowest BCUT2D eigenvalue weighted by molar-refractivity contribution is -0.142. The van der Waals surface area contributed by atoms with E-state index in [9.17, 15) is 14.4 Å². The van der Waals surface area contributed by atoms with E-state index in [1.54, 1.807) is 0 Å². The average Bonchev–Trinajstić information content (AvgIpc) is 2.73. The molecule has 0 aromatic heterocycles. The second-order valence-electron chi connectivity index (χ2n) is 8.42. The Bertz CT molecular complexity index is 484. The number of ether oxygens (including phenoxy) is 2. The maximum Gasteiger partial charge on any atom is 0.302 e. The lowest BCUT2D eigenvalue weighted by Gasteiger charge is -2.04. The Labute approximate surface area is 190 Å². The van der Waals surface area contributed by atoms with E-state index in [1.165, 1.54) is 71.6 Å². The topological polar surface area (TPSA) is 69.7 Å². The predicted octanol–water partition coefficient (Wildman–Crippen LogP) is 6.87. The summed E-state index contributed by atoms with van der Waals surface area (Å²) in [5.41, 5.74) is 0.967. The van der Waals surface area contributed by atoms with Gasteiger partial charge in [0.1, 0.15) is 6.29 Å². The Balaban J connectivity index is 3.42. The molecule has 0 heterocycles. The van der Waals surface area contributed by atoms with Gasteiger partial charge in [-0.05, 0) is 44.1 Å². The standard InChI is InChI=1S/C26H46O5/c1-24(28)30-21-17-13-9-5-3-4-7-11-15-19-26(23-27)20-16-12-8-6-10-14-18-22-31-25(2)29/h19,23H,3-18,20-22H2,1-2H3/b26-19-. The SMILES string of the molecule is CC(=O)OCCCCCCCCCC/C=C(\C=O)CCCCCCCCCOC(C)=O. The molecule has 0 saturated heterocycles. The van der Waals surface area contributed by atoms with Crippen LogP contribution >= 0.6 is 0 Å². The summed E-state index contributed by atoms with van der Waals surface area (Å²) in [6, 6.07) is 0. The van der Waals surface area contributed by atoms with Gasteiger partial charge >= 0.3 is 11.9 Å². The van der Waals surface area contributed by atoms with Crippen molar-refractivity contribution in [1.82, 2.24) is 0 Å². The molecule has 31 heavy (non-hydrogen) atoms. The summed E-state index contributed by atoms with van der Waals surface area (Å²) in [5.74, 6) is -0.382. The molecule has 0 aromatic carbocycles. The number of allylic oxidation sites excluding steroid dienone is 2. The third kappa shape index (κ3) is 24.5. The predicted molar refractivity (Wildman–Crippen MR) is 126 cm³/mol. The highest BCUT2D eigenvalue weighted by Crippen LogP contribution is 2.14. The summed E-state index contributed by atoms with van der Waals surface area (Å²) in [6.45, 7) is 4.00. The molecule has 0 atom stereocenters. The Morgan fingerprint density at radius 3 is 1.39 bits per heavy atom. The second-order valence-corrected chi connectivity index (χ2v) is 8.42. The van der Waals surface area contributed by atoms with Gasteiger partial charge in [0.2, 0.25) is 0 Å². The summed E-state index contributed by atoms with van der Waals surface area (Å²) >= 11 is 0. The zero-order valence-electron chi connectivity index (χ0n) is 20.1. The van der Waals surface area contributed by atoms with Crippen molar-refractivity contribution >= 4 is 18.2 Å². The van der Waals surface area contributed by atoms with Gasteiger partial charge in [0.15, 0.2) is 0 Å². The summed E-state index contributed by atoms with van der Waals surface area (Å²) < 4.78 is 9.85. The van der Waals surface area contributed by atoms with Crippen molar-refractivity contribution in [2.75, 3.05) is 13.2 Å². The molecule has 0 aliphatic heterocycles. The van der Waals surface area contributed by atoms with Gasteiger partial charge in [-0.15, -0.1) is 0 Å². The van der Waals surface area contributed by atoms with Crippen molar-refractivity contribution in [2.24, 2.45) is 0 Å². The molecule has 0 N–H and O–H groups in total. The zero-order chi connectivity index (χ0) is 23.0. The van der Waals surface area contributed by atoms with Gasteiger partial charge in [-0.25, -0.2) is 0 Å². The summed E-state index contributed by atoms with van der Waals surface area (Å²) in [7, 11) is 0. The maximum atomic E-state index is 11.2. The molecule has 0 spiro atoms. The van der Waals surface area contributed by atoms with E-state index in [-0.39, 0.29) is 11.9 Å². The number of aldehydes is 1. The normalized spacial score (nSPS) is 11.4. The average molecular weight is 439 g/mol. The van der Waals surface area contributed by atoms with Crippen LogP contribution in [-0.4, -0.2) is 31.4 Å². The summed E-state index contributed by atoms with van der Waals surface area (Å²) in [6.07, 6.45) is 22.5. The Morgan fingerprint density at radius 1 is 0.581 bits per heavy atom. The summed E-state index contributed by atoms with van der Waals surface area (Å²) in [5, 5.41) is 0. The van der Waals surface area contributed by atoms with Crippen LogP contribution in [0.3, 0.4) is 0 Å². The molecule has 0 aliphatic carbocycles. The molecular weight excluding hydrogens is 392 g/mol. The van der Waals surface area contributed by atoms with Crippen LogP contribution in [0, 0.1) is 0 Å². The largest absolute Gasteiger partial charge is 0.466 e. The van der Waals surface area contributed by atoms with Crippen molar-refractivity contribution in [3.63, 3.8) is 0 Å². The van der Waals surface area contributed by atoms with E-state index in [4.69, 9.17) is 9.47 Å². The van der Waals surface area contributed by atoms with Crippen LogP contribution in [0.1, 0.15) is 123 Å². The minimum absolute atomic E-state index is 0.187. The highest BCUT2D eigenvalue weighted by molar-refractivity contribution is 5.72. The van der Waals surface area contributed by atoms with Crippen LogP contribution in [0.5, 0.6) is 0 Å². The molecule has 0 amide bonds. The Morgan fingerprint density at radius 2 is 0.968 bits per heavy atom. The van der Waals surface area contributed by atoms with E-state index in [1.807, 2.05) is 0 Å². The van der Waals surface area contributed by atoms with E-state index in [2.05, 4.69) is 6.08 Å². The van der Waals surface area contributed by atoms with Crippen LogP contribution in [0.15, 0.2) is 11.6 Å². The van der Waals surface area contributed by atoms with Crippen LogP contribution < -0.4 is 0 Å². The quantitative estimate of drug-likeness (QED) is 0.0798. The van der Waals surface area contributed by atoms with E-state index in [0.29, 0.717) is 13.2 Å². The third-order valence-electron chi connectivity index (χ3n) is 5.38. The first-order chi connectivity index (χ1) is 15.1. The number of hydrogen-bond donors (Lipinski definition) is 0.